The topological polar surface area (TPSA) is 335 Å². The van der Waals surface area contributed by atoms with Gasteiger partial charge in [-0.25, -0.2) is 19.1 Å². The predicted octanol–water partition coefficient (Wildman–Crippen LogP) is -5.68. The molecule has 8 N–H and O–H groups in total. The largest absolute Gasteiger partial charge is 0.756 e. The van der Waals surface area contributed by atoms with Crippen LogP contribution >= 0.6 is 15.6 Å². The maximum absolute atomic E-state index is 12.2. The van der Waals surface area contributed by atoms with E-state index in [0.717, 1.165) is 10.8 Å². The smallest absolute Gasteiger partial charge is 0.351 e. The minimum Gasteiger partial charge on any atom is -0.756 e. The molecule has 0 radical (unpaired) electrons. The van der Waals surface area contributed by atoms with Crippen LogP contribution in [0.3, 0.4) is 0 Å². The Balaban J connectivity index is 1.13. The molecule has 1 aromatic heterocycles. The monoisotopic (exact) mass is 652 g/mol. The maximum atomic E-state index is 12.2. The van der Waals surface area contributed by atoms with Gasteiger partial charge in [0.2, 0.25) is 0 Å². The van der Waals surface area contributed by atoms with E-state index in [1.807, 2.05) is 0 Å². The van der Waals surface area contributed by atoms with Gasteiger partial charge in [0.25, 0.3) is 15.6 Å². The minimum absolute atomic E-state index is 0.123. The molecule has 0 aliphatic carbocycles. The highest BCUT2D eigenvalue weighted by Crippen LogP contribution is 2.56. The first kappa shape index (κ1) is 31.7. The third-order valence-electron chi connectivity index (χ3n) is 6.77. The third-order valence-corrected chi connectivity index (χ3v) is 9.30. The molecule has 10 unspecified atom stereocenters. The minimum atomic E-state index is -5.70. The van der Waals surface area contributed by atoms with E-state index in [4.69, 9.17) is 20.9 Å². The molecule has 0 amide bonds. The van der Waals surface area contributed by atoms with Gasteiger partial charge in [0.15, 0.2) is 18.6 Å². The zero-order chi connectivity index (χ0) is 31.3. The van der Waals surface area contributed by atoms with E-state index in [0.29, 0.717) is 0 Å². The number of aliphatic hydroxyl groups is 4. The molecule has 238 valence electrons. The quantitative estimate of drug-likeness (QED) is 0.128. The molecule has 0 spiro atoms. The molecule has 4 aliphatic heterocycles. The summed E-state index contributed by atoms with van der Waals surface area (Å²) in [6.07, 6.45) is -9.76. The second-order valence-electron chi connectivity index (χ2n) is 9.59. The number of rotatable bonds is 10. The number of nitrogens with zero attached hydrogens (tertiary/aromatic N) is 6. The Morgan fingerprint density at radius 1 is 0.930 bits per heavy atom. The van der Waals surface area contributed by atoms with Gasteiger partial charge in [-0.05, 0) is 6.07 Å². The summed E-state index contributed by atoms with van der Waals surface area (Å²) in [5, 5.41) is 41.3. The van der Waals surface area contributed by atoms with Crippen molar-refractivity contribution in [2.45, 2.75) is 61.3 Å². The van der Waals surface area contributed by atoms with Crippen molar-refractivity contribution in [1.29, 1.82) is 0 Å². The summed E-state index contributed by atoms with van der Waals surface area (Å²) in [5.41, 5.74) is 10.3. The molecule has 4 aliphatic rings. The van der Waals surface area contributed by atoms with Crippen molar-refractivity contribution in [2.24, 2.45) is 20.7 Å². The normalized spacial score (nSPS) is 38.1. The summed E-state index contributed by atoms with van der Waals surface area (Å²) < 4.78 is 49.1. The summed E-state index contributed by atoms with van der Waals surface area (Å²) in [6.45, 7) is -2.02. The highest BCUT2D eigenvalue weighted by atomic mass is 31.3. The number of aliphatic imine (C=N–C) groups is 3. The van der Waals surface area contributed by atoms with Crippen LogP contribution in [-0.4, -0.2) is 122 Å². The molecule has 2 fully saturated rings. The molecule has 24 heteroatoms. The number of nitrogen functional groups attached to an aromatic ring is 1. The van der Waals surface area contributed by atoms with Gasteiger partial charge >= 0.3 is 5.69 Å². The van der Waals surface area contributed by atoms with Crippen LogP contribution in [0, 0.1) is 0 Å². The number of nitrogens with two attached hydrogens (primary N) is 2. The van der Waals surface area contributed by atoms with Crippen LogP contribution in [0.4, 0.5) is 5.82 Å². The van der Waals surface area contributed by atoms with Crippen LogP contribution < -0.4 is 26.9 Å². The predicted molar refractivity (Wildman–Crippen MR) is 136 cm³/mol. The van der Waals surface area contributed by atoms with Crippen molar-refractivity contribution < 1.29 is 62.2 Å². The fraction of sp³-hybridized carbons (Fsp3) is 0.632. The van der Waals surface area contributed by atoms with Crippen LogP contribution in [0.15, 0.2) is 32.0 Å². The van der Waals surface area contributed by atoms with Crippen LogP contribution in [0.25, 0.3) is 0 Å². The van der Waals surface area contributed by atoms with Gasteiger partial charge in [-0.3, -0.25) is 18.7 Å². The highest BCUT2D eigenvalue weighted by molar-refractivity contribution is 7.59. The lowest BCUT2D eigenvalue weighted by Crippen LogP contribution is -2.51. The van der Waals surface area contributed by atoms with Crippen LogP contribution in [-0.2, 0) is 32.0 Å². The van der Waals surface area contributed by atoms with Crippen molar-refractivity contribution in [3.05, 3.63) is 22.7 Å². The Hall–Kier alpha value is -2.69. The zero-order valence-electron chi connectivity index (χ0n) is 21.6. The zero-order valence-corrected chi connectivity index (χ0v) is 23.4. The molecule has 2 saturated heterocycles. The van der Waals surface area contributed by atoms with Gasteiger partial charge in [0.1, 0.15) is 60.7 Å². The number of hydrogen-bond donors (Lipinski definition) is 6. The van der Waals surface area contributed by atoms with Gasteiger partial charge in [0, 0.05) is 6.20 Å². The highest BCUT2D eigenvalue weighted by Gasteiger charge is 2.50. The molecule has 22 nitrogen and oxygen atoms in total. The van der Waals surface area contributed by atoms with Crippen molar-refractivity contribution in [3.63, 3.8) is 0 Å². The number of aromatic nitrogens is 2. The molecule has 0 aromatic carbocycles. The Kier molecular flexibility index (Phi) is 8.86. The lowest BCUT2D eigenvalue weighted by molar-refractivity contribution is -0.247. The number of amidine groups is 1. The average Bonchev–Trinajstić information content (AvgIpc) is 3.57. The number of aliphatic hydroxyl groups excluding tert-OH is 4. The molecular formula is C19H26N8O14P2-2. The van der Waals surface area contributed by atoms with Gasteiger partial charge in [0.05, 0.1) is 19.6 Å². The number of phosphoric acid groups is 2. The molecule has 12 atom stereocenters. The van der Waals surface area contributed by atoms with E-state index in [-0.39, 0.29) is 11.7 Å². The molecule has 5 heterocycles. The summed E-state index contributed by atoms with van der Waals surface area (Å²) in [7, 11) is -11.4. The van der Waals surface area contributed by atoms with Crippen molar-refractivity contribution in [2.75, 3.05) is 18.9 Å². The first-order chi connectivity index (χ1) is 20.2. The number of ether oxygens (including phenoxy) is 2. The Morgan fingerprint density at radius 3 is 2.12 bits per heavy atom. The van der Waals surface area contributed by atoms with E-state index in [1.54, 1.807) is 0 Å². The van der Waals surface area contributed by atoms with Gasteiger partial charge in [-0.2, -0.15) is 4.98 Å². The first-order valence-electron chi connectivity index (χ1n) is 12.3. The molecular weight excluding hydrogens is 626 g/mol. The van der Waals surface area contributed by atoms with Gasteiger partial charge in [-0.1, -0.05) is 0 Å². The fourth-order valence-electron chi connectivity index (χ4n) is 4.63. The number of hydrogen-bond acceptors (Lipinski definition) is 21. The Labute approximate surface area is 240 Å². The van der Waals surface area contributed by atoms with Crippen LogP contribution in [0.5, 0.6) is 0 Å². The van der Waals surface area contributed by atoms with E-state index >= 15 is 0 Å². The molecule has 0 saturated carbocycles. The van der Waals surface area contributed by atoms with Gasteiger partial charge < -0.3 is 65.1 Å². The molecule has 43 heavy (non-hydrogen) atoms. The molecule has 5 rings (SSSR count). The maximum Gasteiger partial charge on any atom is 0.351 e. The van der Waals surface area contributed by atoms with E-state index in [1.165, 1.54) is 23.6 Å². The molecule has 0 bridgehead atoms. The van der Waals surface area contributed by atoms with Crippen LogP contribution in [0.1, 0.15) is 6.23 Å². The molecule has 1 aromatic rings. The summed E-state index contributed by atoms with van der Waals surface area (Å²) >= 11 is 0. The summed E-state index contributed by atoms with van der Waals surface area (Å²) in [4.78, 5) is 53.3. The van der Waals surface area contributed by atoms with Crippen molar-refractivity contribution in [3.8, 4) is 0 Å². The van der Waals surface area contributed by atoms with E-state index in [9.17, 15) is 44.1 Å². The number of anilines is 1. The van der Waals surface area contributed by atoms with E-state index in [2.05, 4.69) is 33.3 Å². The summed E-state index contributed by atoms with van der Waals surface area (Å²) in [5.74, 6) is 0.0298. The third kappa shape index (κ3) is 6.56. The average molecular weight is 652 g/mol. The summed E-state index contributed by atoms with van der Waals surface area (Å²) in [6, 6.07) is 0.542. The van der Waals surface area contributed by atoms with Crippen molar-refractivity contribution >= 4 is 40.0 Å². The SMILES string of the molecule is NC1=NC=NC2C1N=CN2[C@@H]1O[C@H](COP(=O)([O-])OP(=O)([O-])OCC2OC(n3ccc(N)nc3=O)C(O)C2O)C(O)C1O. The number of phosphoric ester groups is 2. The van der Waals surface area contributed by atoms with Crippen LogP contribution in [0.2, 0.25) is 0 Å². The first-order valence-corrected chi connectivity index (χ1v) is 15.3. The second-order valence-corrected chi connectivity index (χ2v) is 12.5. The van der Waals surface area contributed by atoms with E-state index < -0.39 is 95.8 Å². The Morgan fingerprint density at radius 2 is 1.51 bits per heavy atom. The standard InChI is InChI=1S/C19H28N8O14P2/c20-9-1-2-26(19(32)25-9)17-13(30)11(28)7(39-17)3-37-42(33,34)41-43(35,36)38-4-8-12(29)14(31)18(40-8)27-6-24-10-15(21)22-5-23-16(10)27/h1-2,5-8,10-14,16-18,28-31H,3-4H2,(H,33,34)(H,35,36)(H2,20,25,32)(H2,21,22,23)/p-2/t7?,8-,10?,11?,12?,13?,14?,16?,17?,18-/m1/s1. The lowest BCUT2D eigenvalue weighted by atomic mass is 10.1. The Bertz CT molecular complexity index is 1460. The number of fused-ring (bicyclic) bond motifs is 1. The van der Waals surface area contributed by atoms with Gasteiger partial charge in [-0.15, -0.1) is 0 Å². The fourth-order valence-corrected chi connectivity index (χ4v) is 6.65. The van der Waals surface area contributed by atoms with Crippen molar-refractivity contribution in [1.82, 2.24) is 14.5 Å². The second kappa shape index (κ2) is 12.0. The lowest BCUT2D eigenvalue weighted by Gasteiger charge is -2.32.